The molecule has 1 heterocycles. The van der Waals surface area contributed by atoms with Gasteiger partial charge in [-0.05, 0) is 25.7 Å². The van der Waals surface area contributed by atoms with Crippen LogP contribution in [0.15, 0.2) is 0 Å². The van der Waals surface area contributed by atoms with Crippen molar-refractivity contribution in [3.63, 3.8) is 0 Å². The van der Waals surface area contributed by atoms with E-state index in [-0.39, 0.29) is 0 Å². The van der Waals surface area contributed by atoms with Crippen LogP contribution in [-0.4, -0.2) is 11.5 Å². The van der Waals surface area contributed by atoms with Gasteiger partial charge in [0.25, 0.3) is 0 Å². The van der Waals surface area contributed by atoms with E-state index in [9.17, 15) is 0 Å². The fraction of sp³-hybridized carbons (Fsp3) is 0.727. The molecule has 1 atom stereocenters. The number of aryl methyl sites for hydroxylation is 1. The van der Waals surface area contributed by atoms with Gasteiger partial charge >= 0.3 is 0 Å². The van der Waals surface area contributed by atoms with Gasteiger partial charge in [-0.2, -0.15) is 0 Å². The Labute approximate surface area is 89.8 Å². The molecule has 0 aromatic carbocycles. The normalized spacial score (nSPS) is 19.7. The van der Waals surface area contributed by atoms with E-state index in [1.54, 1.807) is 0 Å². The molecule has 0 spiro atoms. The second-order valence-electron chi connectivity index (χ2n) is 3.90. The monoisotopic (exact) mass is 210 g/mol. The Morgan fingerprint density at radius 1 is 1.50 bits per heavy atom. The Kier molecular flexibility index (Phi) is 3.06. The molecule has 3 heteroatoms. The highest BCUT2D eigenvalue weighted by Gasteiger charge is 2.25. The molecule has 0 bridgehead atoms. The van der Waals surface area contributed by atoms with Gasteiger partial charge in [-0.3, -0.25) is 0 Å². The lowest BCUT2D eigenvalue weighted by atomic mass is 10.1. The maximum Gasteiger partial charge on any atom is 0.183 e. The third-order valence-electron chi connectivity index (χ3n) is 2.85. The van der Waals surface area contributed by atoms with Crippen LogP contribution in [0, 0.1) is 0 Å². The first-order chi connectivity index (χ1) is 6.85. The average Bonchev–Trinajstić information content (AvgIpc) is 2.73. The molecule has 1 N–H and O–H groups in total. The van der Waals surface area contributed by atoms with Crippen molar-refractivity contribution in [1.82, 2.24) is 4.98 Å². The van der Waals surface area contributed by atoms with Gasteiger partial charge in [0.2, 0.25) is 0 Å². The smallest absolute Gasteiger partial charge is 0.183 e. The van der Waals surface area contributed by atoms with Crippen LogP contribution in [0.3, 0.4) is 0 Å². The van der Waals surface area contributed by atoms with Crippen LogP contribution < -0.4 is 5.32 Å². The highest BCUT2D eigenvalue weighted by molar-refractivity contribution is 7.15. The lowest BCUT2D eigenvalue weighted by Crippen LogP contribution is -2.00. The van der Waals surface area contributed by atoms with Crippen LogP contribution in [0.25, 0.3) is 0 Å². The number of thiazole rings is 1. The fourth-order valence-corrected chi connectivity index (χ4v) is 3.10. The highest BCUT2D eigenvalue weighted by atomic mass is 32.1. The highest BCUT2D eigenvalue weighted by Crippen LogP contribution is 2.39. The lowest BCUT2D eigenvalue weighted by molar-refractivity contribution is 0.643. The fourth-order valence-electron chi connectivity index (χ4n) is 2.01. The van der Waals surface area contributed by atoms with Crippen molar-refractivity contribution < 1.29 is 0 Å². The van der Waals surface area contributed by atoms with E-state index < -0.39 is 0 Å². The minimum Gasteiger partial charge on any atom is -0.362 e. The van der Waals surface area contributed by atoms with Crippen molar-refractivity contribution in [2.24, 2.45) is 0 Å². The van der Waals surface area contributed by atoms with Gasteiger partial charge in [0.1, 0.15) is 0 Å². The van der Waals surface area contributed by atoms with Crippen LogP contribution in [0.1, 0.15) is 49.6 Å². The molecule has 0 saturated heterocycles. The van der Waals surface area contributed by atoms with Gasteiger partial charge in [0.15, 0.2) is 5.13 Å². The van der Waals surface area contributed by atoms with Crippen molar-refractivity contribution in [2.45, 2.75) is 45.4 Å². The van der Waals surface area contributed by atoms with Crippen LogP contribution in [0.5, 0.6) is 0 Å². The molecule has 1 aliphatic carbocycles. The van der Waals surface area contributed by atoms with E-state index in [1.807, 2.05) is 11.3 Å². The molecule has 1 aromatic heterocycles. The van der Waals surface area contributed by atoms with Gasteiger partial charge < -0.3 is 5.32 Å². The summed E-state index contributed by atoms with van der Waals surface area (Å²) in [6.07, 6.45) is 4.98. The molecule has 0 saturated carbocycles. The van der Waals surface area contributed by atoms with Crippen molar-refractivity contribution in [3.05, 3.63) is 10.6 Å². The van der Waals surface area contributed by atoms with Gasteiger partial charge in [-0.1, -0.05) is 13.8 Å². The molecule has 1 aliphatic rings. The molecule has 78 valence electrons. The van der Waals surface area contributed by atoms with Crippen molar-refractivity contribution >= 4 is 16.5 Å². The summed E-state index contributed by atoms with van der Waals surface area (Å²) >= 11 is 1.86. The number of fused-ring (bicyclic) bond motifs is 1. The van der Waals surface area contributed by atoms with Crippen molar-refractivity contribution in [1.29, 1.82) is 0 Å². The maximum absolute atomic E-state index is 4.69. The molecule has 0 fully saturated rings. The number of nitrogens with one attached hydrogen (secondary N) is 1. The van der Waals surface area contributed by atoms with Crippen LogP contribution in [0.2, 0.25) is 0 Å². The van der Waals surface area contributed by atoms with E-state index in [0.29, 0.717) is 0 Å². The Balaban J connectivity index is 2.09. The van der Waals surface area contributed by atoms with E-state index in [1.165, 1.54) is 36.3 Å². The third kappa shape index (κ3) is 1.78. The molecule has 0 amide bonds. The Hall–Kier alpha value is -0.570. The van der Waals surface area contributed by atoms with Crippen molar-refractivity contribution in [2.75, 3.05) is 11.9 Å². The first kappa shape index (κ1) is 9.97. The lowest BCUT2D eigenvalue weighted by Gasteiger charge is -2.04. The van der Waals surface area contributed by atoms with Crippen LogP contribution in [-0.2, 0) is 6.42 Å². The molecule has 1 aromatic rings. The standard InChI is InChI=1S/C11H18N2S/c1-3-7-12-11-13-10-8(4-2)5-6-9(10)14-11/h8H,3-7H2,1-2H3,(H,12,13). The van der Waals surface area contributed by atoms with E-state index in [2.05, 4.69) is 24.1 Å². The largest absolute Gasteiger partial charge is 0.362 e. The Morgan fingerprint density at radius 3 is 3.07 bits per heavy atom. The number of hydrogen-bond acceptors (Lipinski definition) is 3. The van der Waals surface area contributed by atoms with Gasteiger partial charge in [0.05, 0.1) is 5.69 Å². The van der Waals surface area contributed by atoms with Gasteiger partial charge in [0, 0.05) is 17.3 Å². The summed E-state index contributed by atoms with van der Waals surface area (Å²) in [6, 6.07) is 0. The first-order valence-corrected chi connectivity index (χ1v) is 6.40. The first-order valence-electron chi connectivity index (χ1n) is 5.58. The predicted octanol–water partition coefficient (Wildman–Crippen LogP) is 3.40. The molecule has 2 rings (SSSR count). The number of aromatic nitrogens is 1. The number of nitrogens with zero attached hydrogens (tertiary/aromatic N) is 1. The summed E-state index contributed by atoms with van der Waals surface area (Å²) < 4.78 is 0. The second kappa shape index (κ2) is 4.30. The average molecular weight is 210 g/mol. The minimum absolute atomic E-state index is 0.735. The van der Waals surface area contributed by atoms with E-state index >= 15 is 0 Å². The summed E-state index contributed by atoms with van der Waals surface area (Å²) in [5.74, 6) is 0.735. The molecule has 0 aliphatic heterocycles. The topological polar surface area (TPSA) is 24.9 Å². The second-order valence-corrected chi connectivity index (χ2v) is 4.98. The summed E-state index contributed by atoms with van der Waals surface area (Å²) in [4.78, 5) is 6.21. The molecule has 14 heavy (non-hydrogen) atoms. The quantitative estimate of drug-likeness (QED) is 0.824. The predicted molar refractivity (Wildman–Crippen MR) is 62.2 cm³/mol. The SMILES string of the molecule is CCCNc1nc2c(s1)CCC2CC. The molecule has 1 unspecified atom stereocenters. The number of rotatable bonds is 4. The zero-order valence-corrected chi connectivity index (χ0v) is 9.78. The van der Waals surface area contributed by atoms with Gasteiger partial charge in [-0.15, -0.1) is 11.3 Å². The third-order valence-corrected chi connectivity index (χ3v) is 3.94. The minimum atomic E-state index is 0.735. The molecular weight excluding hydrogens is 192 g/mol. The van der Waals surface area contributed by atoms with E-state index in [0.717, 1.165) is 17.6 Å². The summed E-state index contributed by atoms with van der Waals surface area (Å²) in [7, 11) is 0. The molecule has 0 radical (unpaired) electrons. The Bertz CT molecular complexity index is 306. The number of hydrogen-bond donors (Lipinski definition) is 1. The van der Waals surface area contributed by atoms with Gasteiger partial charge in [-0.25, -0.2) is 4.98 Å². The van der Waals surface area contributed by atoms with Crippen molar-refractivity contribution in [3.8, 4) is 0 Å². The zero-order chi connectivity index (χ0) is 9.97. The maximum atomic E-state index is 4.69. The molecular formula is C11H18N2S. The number of anilines is 1. The summed E-state index contributed by atoms with van der Waals surface area (Å²) in [6.45, 7) is 5.49. The van der Waals surface area contributed by atoms with E-state index in [4.69, 9.17) is 0 Å². The summed E-state index contributed by atoms with van der Waals surface area (Å²) in [5, 5.41) is 4.51. The van der Waals surface area contributed by atoms with Crippen LogP contribution in [0.4, 0.5) is 5.13 Å². The molecule has 2 nitrogen and oxygen atoms in total. The zero-order valence-electron chi connectivity index (χ0n) is 8.97. The summed E-state index contributed by atoms with van der Waals surface area (Å²) in [5.41, 5.74) is 1.39. The Morgan fingerprint density at radius 2 is 2.36 bits per heavy atom. The van der Waals surface area contributed by atoms with Crippen LogP contribution >= 0.6 is 11.3 Å².